The van der Waals surface area contributed by atoms with Gasteiger partial charge in [-0.1, -0.05) is 36.3 Å². The summed E-state index contributed by atoms with van der Waals surface area (Å²) in [6.07, 6.45) is 0.143. The summed E-state index contributed by atoms with van der Waals surface area (Å²) in [5, 5.41) is 14.0. The quantitative estimate of drug-likeness (QED) is 0.385. The first kappa shape index (κ1) is 21.9. The molecule has 0 spiro atoms. The molecular formula is C27H23FN2O4. The van der Waals surface area contributed by atoms with Crippen LogP contribution in [0.3, 0.4) is 0 Å². The maximum Gasteiger partial charge on any atom is 0.199 e. The van der Waals surface area contributed by atoms with Crippen LogP contribution in [0.2, 0.25) is 0 Å². The van der Waals surface area contributed by atoms with E-state index < -0.39 is 5.82 Å². The molecule has 0 radical (unpaired) electrons. The van der Waals surface area contributed by atoms with Gasteiger partial charge in [0.25, 0.3) is 0 Å². The zero-order chi connectivity index (χ0) is 23.7. The van der Waals surface area contributed by atoms with Gasteiger partial charge in [0, 0.05) is 24.2 Å². The number of aromatic hydroxyl groups is 1. The normalized spacial score (nSPS) is 14.1. The molecule has 1 N–H and O–H groups in total. The summed E-state index contributed by atoms with van der Waals surface area (Å²) in [7, 11) is 0. The van der Waals surface area contributed by atoms with Crippen molar-refractivity contribution in [2.24, 2.45) is 0 Å². The van der Waals surface area contributed by atoms with Crippen LogP contribution in [0.5, 0.6) is 11.5 Å². The summed E-state index contributed by atoms with van der Waals surface area (Å²) < 4.78 is 26.1. The lowest BCUT2D eigenvalue weighted by Crippen LogP contribution is -2.53. The van der Waals surface area contributed by atoms with Crippen LogP contribution in [0, 0.1) is 5.82 Å². The van der Waals surface area contributed by atoms with Gasteiger partial charge in [-0.25, -0.2) is 4.39 Å². The highest BCUT2D eigenvalue weighted by Crippen LogP contribution is 2.36. The maximum atomic E-state index is 14.6. The molecule has 3 aromatic carbocycles. The number of likely N-dealkylation sites (tertiary alicyclic amines) is 1. The minimum Gasteiger partial charge on any atom is -0.508 e. The highest BCUT2D eigenvalue weighted by atomic mass is 19.1. The molecule has 0 amide bonds. The van der Waals surface area contributed by atoms with Gasteiger partial charge in [-0.15, -0.1) is 0 Å². The summed E-state index contributed by atoms with van der Waals surface area (Å²) >= 11 is 0. The summed E-state index contributed by atoms with van der Waals surface area (Å²) in [5.41, 5.74) is 1.36. The summed E-state index contributed by atoms with van der Waals surface area (Å²) in [6.45, 7) is 4.88. The van der Waals surface area contributed by atoms with E-state index in [0.29, 0.717) is 16.9 Å². The Bertz CT molecular complexity index is 1330. The number of benzene rings is 3. The van der Waals surface area contributed by atoms with Crippen LogP contribution >= 0.6 is 0 Å². The molecule has 0 saturated carbocycles. The molecule has 2 heterocycles. The second-order valence-electron chi connectivity index (χ2n) is 8.21. The summed E-state index contributed by atoms with van der Waals surface area (Å²) in [4.78, 5) is 15.9. The van der Waals surface area contributed by atoms with Gasteiger partial charge in [0.1, 0.15) is 29.1 Å². The molecule has 1 aliphatic rings. The molecule has 1 aromatic heterocycles. The van der Waals surface area contributed by atoms with E-state index in [2.05, 4.69) is 17.0 Å². The molecule has 172 valence electrons. The van der Waals surface area contributed by atoms with E-state index in [4.69, 9.17) is 9.26 Å². The molecule has 1 saturated heterocycles. The Balaban J connectivity index is 1.50. The van der Waals surface area contributed by atoms with Crippen molar-refractivity contribution >= 4 is 5.78 Å². The standard InChI is InChI=1S/C27H23FN2O4/c1-2-30-15-21(16-30)33-20-12-10-17(11-13-20)26(32)24-25(18-6-5-7-19(31)14-18)29-34-27(24)22-8-3-4-9-23(22)28/h3-14,21,31H,2,15-16H2,1H3. The van der Waals surface area contributed by atoms with Gasteiger partial charge in [0.2, 0.25) is 0 Å². The molecule has 5 rings (SSSR count). The van der Waals surface area contributed by atoms with Gasteiger partial charge in [0.15, 0.2) is 11.5 Å². The lowest BCUT2D eigenvalue weighted by atomic mass is 9.95. The number of hydrogen-bond donors (Lipinski definition) is 1. The number of phenols is 1. The molecule has 0 aliphatic carbocycles. The maximum absolute atomic E-state index is 14.6. The average Bonchev–Trinajstić information content (AvgIpc) is 3.26. The second-order valence-corrected chi connectivity index (χ2v) is 8.21. The zero-order valence-corrected chi connectivity index (χ0v) is 18.6. The number of aromatic nitrogens is 1. The van der Waals surface area contributed by atoms with Gasteiger partial charge in [-0.2, -0.15) is 0 Å². The third-order valence-corrected chi connectivity index (χ3v) is 5.95. The number of phenolic OH excluding ortho intramolecular Hbond substituents is 1. The number of halogens is 1. The van der Waals surface area contributed by atoms with E-state index in [9.17, 15) is 14.3 Å². The Morgan fingerprint density at radius 3 is 2.59 bits per heavy atom. The molecule has 0 atom stereocenters. The monoisotopic (exact) mass is 458 g/mol. The number of ketones is 1. The van der Waals surface area contributed by atoms with E-state index >= 15 is 0 Å². The van der Waals surface area contributed by atoms with Gasteiger partial charge >= 0.3 is 0 Å². The first-order valence-electron chi connectivity index (χ1n) is 11.1. The fourth-order valence-corrected chi connectivity index (χ4v) is 4.06. The molecular weight excluding hydrogens is 435 g/mol. The Morgan fingerprint density at radius 1 is 1.12 bits per heavy atom. The number of likely N-dealkylation sites (N-methyl/N-ethyl adjacent to an activating group) is 1. The smallest absolute Gasteiger partial charge is 0.199 e. The van der Waals surface area contributed by atoms with Crippen molar-refractivity contribution in [1.82, 2.24) is 10.1 Å². The van der Waals surface area contributed by atoms with Gasteiger partial charge in [-0.05, 0) is 55.1 Å². The Kier molecular flexibility index (Phi) is 5.86. The molecule has 0 unspecified atom stereocenters. The van der Waals surface area contributed by atoms with Crippen molar-refractivity contribution in [1.29, 1.82) is 0 Å². The number of hydrogen-bond acceptors (Lipinski definition) is 6. The highest BCUT2D eigenvalue weighted by Gasteiger charge is 2.29. The van der Waals surface area contributed by atoms with Crippen LogP contribution in [-0.4, -0.2) is 46.7 Å². The molecule has 1 fully saturated rings. The van der Waals surface area contributed by atoms with Crippen LogP contribution in [-0.2, 0) is 0 Å². The van der Waals surface area contributed by atoms with Crippen molar-refractivity contribution in [3.8, 4) is 34.1 Å². The minimum atomic E-state index is -0.527. The van der Waals surface area contributed by atoms with Crippen molar-refractivity contribution in [3.05, 3.63) is 89.7 Å². The molecule has 6 nitrogen and oxygen atoms in total. The molecule has 34 heavy (non-hydrogen) atoms. The van der Waals surface area contributed by atoms with Crippen molar-refractivity contribution in [3.63, 3.8) is 0 Å². The van der Waals surface area contributed by atoms with Crippen LogP contribution in [0.15, 0.2) is 77.3 Å². The highest BCUT2D eigenvalue weighted by molar-refractivity contribution is 6.15. The lowest BCUT2D eigenvalue weighted by Gasteiger charge is -2.38. The minimum absolute atomic E-state index is 0.0190. The van der Waals surface area contributed by atoms with Crippen molar-refractivity contribution in [2.75, 3.05) is 19.6 Å². The molecule has 7 heteroatoms. The van der Waals surface area contributed by atoms with E-state index in [-0.39, 0.29) is 40.2 Å². The lowest BCUT2D eigenvalue weighted by molar-refractivity contribution is 0.0238. The number of carbonyl (C=O) groups excluding carboxylic acids is 1. The van der Waals surface area contributed by atoms with Crippen molar-refractivity contribution < 1.29 is 23.6 Å². The fourth-order valence-electron chi connectivity index (χ4n) is 4.06. The number of carbonyl (C=O) groups is 1. The van der Waals surface area contributed by atoms with Crippen LogP contribution in [0.4, 0.5) is 4.39 Å². The first-order valence-corrected chi connectivity index (χ1v) is 11.1. The van der Waals surface area contributed by atoms with Gasteiger partial charge < -0.3 is 14.4 Å². The van der Waals surface area contributed by atoms with Gasteiger partial charge in [-0.3, -0.25) is 9.69 Å². The van der Waals surface area contributed by atoms with E-state index in [0.717, 1.165) is 19.6 Å². The van der Waals surface area contributed by atoms with E-state index in [1.54, 1.807) is 48.5 Å². The predicted octanol–water partition coefficient (Wildman–Crippen LogP) is 5.17. The molecule has 4 aromatic rings. The van der Waals surface area contributed by atoms with E-state index in [1.807, 2.05) is 0 Å². The van der Waals surface area contributed by atoms with Crippen LogP contribution in [0.25, 0.3) is 22.6 Å². The summed E-state index contributed by atoms with van der Waals surface area (Å²) in [5.74, 6) is -0.155. The zero-order valence-electron chi connectivity index (χ0n) is 18.6. The Hall–Kier alpha value is -3.97. The van der Waals surface area contributed by atoms with Crippen molar-refractivity contribution in [2.45, 2.75) is 13.0 Å². The third kappa shape index (κ3) is 4.18. The largest absolute Gasteiger partial charge is 0.508 e. The fraction of sp³-hybridized carbons (Fsp3) is 0.185. The predicted molar refractivity (Wildman–Crippen MR) is 125 cm³/mol. The third-order valence-electron chi connectivity index (χ3n) is 5.95. The Morgan fingerprint density at radius 2 is 1.88 bits per heavy atom. The number of ether oxygens (including phenoxy) is 1. The average molecular weight is 458 g/mol. The molecule has 0 bridgehead atoms. The van der Waals surface area contributed by atoms with Crippen LogP contribution in [0.1, 0.15) is 22.8 Å². The summed E-state index contributed by atoms with van der Waals surface area (Å²) in [6, 6.07) is 19.3. The molecule has 1 aliphatic heterocycles. The topological polar surface area (TPSA) is 75.8 Å². The van der Waals surface area contributed by atoms with E-state index in [1.165, 1.54) is 24.3 Å². The SMILES string of the molecule is CCN1CC(Oc2ccc(C(=O)c3c(-c4cccc(O)c4)noc3-c3ccccc3F)cc2)C1. The Labute approximate surface area is 196 Å². The number of rotatable bonds is 7. The first-order chi connectivity index (χ1) is 16.5. The number of nitrogens with zero attached hydrogens (tertiary/aromatic N) is 2. The second kappa shape index (κ2) is 9.11. The van der Waals surface area contributed by atoms with Crippen LogP contribution < -0.4 is 4.74 Å². The van der Waals surface area contributed by atoms with Gasteiger partial charge in [0.05, 0.1) is 11.1 Å².